The molecule has 2 rings (SSSR count). The summed E-state index contributed by atoms with van der Waals surface area (Å²) in [7, 11) is 0. The molecule has 0 atom stereocenters. The van der Waals surface area contributed by atoms with Gasteiger partial charge < -0.3 is 10.1 Å². The molecule has 0 fully saturated rings. The number of hydrazone groups is 1. The van der Waals surface area contributed by atoms with Crippen molar-refractivity contribution in [3.63, 3.8) is 0 Å². The maximum absolute atomic E-state index is 11.7. The van der Waals surface area contributed by atoms with E-state index in [0.717, 1.165) is 5.56 Å². The second kappa shape index (κ2) is 6.81. The van der Waals surface area contributed by atoms with E-state index in [2.05, 4.69) is 15.6 Å². The molecule has 0 saturated heterocycles. The first-order valence-corrected chi connectivity index (χ1v) is 6.60. The highest BCUT2D eigenvalue weighted by molar-refractivity contribution is 6.30. The number of aryl methyl sites for hydroxylation is 1. The molecule has 22 heavy (non-hydrogen) atoms. The van der Waals surface area contributed by atoms with Crippen molar-refractivity contribution in [1.82, 2.24) is 15.2 Å². The van der Waals surface area contributed by atoms with E-state index in [1.165, 1.54) is 17.0 Å². The van der Waals surface area contributed by atoms with Crippen LogP contribution < -0.4 is 5.43 Å². The average molecular weight is 322 g/mol. The van der Waals surface area contributed by atoms with E-state index >= 15 is 0 Å². The Labute approximate surface area is 130 Å². The number of carbonyl (C=O) groups is 1. The van der Waals surface area contributed by atoms with E-state index in [-0.39, 0.29) is 12.4 Å². The molecule has 1 amide bonds. The number of hydrogen-bond acceptors (Lipinski definition) is 5. The zero-order chi connectivity index (χ0) is 16.1. The second-order valence-electron chi connectivity index (χ2n) is 4.41. The first-order valence-electron chi connectivity index (χ1n) is 6.22. The molecule has 0 unspecified atom stereocenters. The molecule has 0 bridgehead atoms. The molecule has 114 valence electrons. The Morgan fingerprint density at radius 1 is 1.55 bits per heavy atom. The summed E-state index contributed by atoms with van der Waals surface area (Å²) in [5.41, 5.74) is 3.57. The van der Waals surface area contributed by atoms with Crippen molar-refractivity contribution in [1.29, 1.82) is 0 Å². The molecule has 0 saturated carbocycles. The van der Waals surface area contributed by atoms with Gasteiger partial charge in [0.05, 0.1) is 23.1 Å². The van der Waals surface area contributed by atoms with E-state index in [0.29, 0.717) is 10.7 Å². The fourth-order valence-electron chi connectivity index (χ4n) is 1.68. The van der Waals surface area contributed by atoms with Crippen molar-refractivity contribution in [2.45, 2.75) is 13.5 Å². The minimum Gasteiger partial charge on any atom is -0.358 e. The summed E-state index contributed by atoms with van der Waals surface area (Å²) in [6, 6.07) is 8.26. The van der Waals surface area contributed by atoms with E-state index < -0.39 is 10.8 Å². The van der Waals surface area contributed by atoms with Gasteiger partial charge in [0.25, 0.3) is 5.91 Å². The smallest absolute Gasteiger partial charge is 0.358 e. The van der Waals surface area contributed by atoms with Gasteiger partial charge in [-0.25, -0.2) is 5.43 Å². The second-order valence-corrected chi connectivity index (χ2v) is 4.84. The van der Waals surface area contributed by atoms with Crippen LogP contribution in [0.25, 0.3) is 0 Å². The Bertz CT molecular complexity index is 741. The number of nitrogens with zero attached hydrogens (tertiary/aromatic N) is 4. The third kappa shape index (κ3) is 4.13. The number of nitrogens with one attached hydrogen (secondary N) is 1. The number of halogens is 1. The maximum atomic E-state index is 11.7. The van der Waals surface area contributed by atoms with E-state index in [4.69, 9.17) is 11.6 Å². The molecule has 0 aliphatic rings. The van der Waals surface area contributed by atoms with Gasteiger partial charge >= 0.3 is 5.82 Å². The van der Waals surface area contributed by atoms with Crippen molar-refractivity contribution in [2.75, 3.05) is 0 Å². The Balaban J connectivity index is 1.94. The molecular formula is C13H12ClN5O3. The van der Waals surface area contributed by atoms with Crippen molar-refractivity contribution in [3.8, 4) is 0 Å². The molecule has 0 radical (unpaired) electrons. The highest BCUT2D eigenvalue weighted by atomic mass is 35.5. The molecule has 0 aliphatic carbocycles. The summed E-state index contributed by atoms with van der Waals surface area (Å²) < 4.78 is 1.24. The predicted octanol–water partition coefficient (Wildman–Crippen LogP) is 1.90. The van der Waals surface area contributed by atoms with Crippen molar-refractivity contribution >= 4 is 29.5 Å². The molecular weight excluding hydrogens is 310 g/mol. The largest absolute Gasteiger partial charge is 0.390 e. The van der Waals surface area contributed by atoms with Crippen molar-refractivity contribution < 1.29 is 9.72 Å². The summed E-state index contributed by atoms with van der Waals surface area (Å²) in [6.07, 6.45) is 1.45. The zero-order valence-corrected chi connectivity index (χ0v) is 12.3. The van der Waals surface area contributed by atoms with Gasteiger partial charge in [-0.2, -0.15) is 9.78 Å². The van der Waals surface area contributed by atoms with Crippen LogP contribution in [0.1, 0.15) is 11.3 Å². The van der Waals surface area contributed by atoms with Crippen molar-refractivity contribution in [2.24, 2.45) is 5.10 Å². The highest BCUT2D eigenvalue weighted by Gasteiger charge is 2.17. The summed E-state index contributed by atoms with van der Waals surface area (Å²) in [5, 5.41) is 18.7. The van der Waals surface area contributed by atoms with Gasteiger partial charge in [0.15, 0.2) is 0 Å². The highest BCUT2D eigenvalue weighted by Crippen LogP contribution is 2.10. The Morgan fingerprint density at radius 3 is 2.95 bits per heavy atom. The lowest BCUT2D eigenvalue weighted by molar-refractivity contribution is -0.389. The van der Waals surface area contributed by atoms with Gasteiger partial charge in [-0.1, -0.05) is 23.7 Å². The first-order chi connectivity index (χ1) is 10.5. The van der Waals surface area contributed by atoms with E-state index in [9.17, 15) is 14.9 Å². The number of aromatic nitrogens is 2. The van der Waals surface area contributed by atoms with Crippen LogP contribution in [0, 0.1) is 17.0 Å². The van der Waals surface area contributed by atoms with Crippen LogP contribution in [0.4, 0.5) is 5.82 Å². The van der Waals surface area contributed by atoms with Crippen LogP contribution in [-0.2, 0) is 11.3 Å². The van der Waals surface area contributed by atoms with E-state index in [1.807, 2.05) is 0 Å². The number of nitro groups is 1. The maximum Gasteiger partial charge on any atom is 0.390 e. The van der Waals surface area contributed by atoms with Gasteiger partial charge in [-0.15, -0.1) is 0 Å². The molecule has 1 heterocycles. The van der Waals surface area contributed by atoms with Gasteiger partial charge in [-0.3, -0.25) is 4.79 Å². The number of carbonyl (C=O) groups excluding carboxylic acids is 1. The molecule has 1 aromatic carbocycles. The fourth-order valence-corrected chi connectivity index (χ4v) is 1.88. The minimum atomic E-state index is -0.612. The van der Waals surface area contributed by atoms with Crippen LogP contribution >= 0.6 is 11.6 Å². The lowest BCUT2D eigenvalue weighted by Gasteiger charge is -1.99. The number of benzene rings is 1. The van der Waals surface area contributed by atoms with Gasteiger partial charge in [0, 0.05) is 5.02 Å². The molecule has 0 spiro atoms. The minimum absolute atomic E-state index is 0.160. The summed E-state index contributed by atoms with van der Waals surface area (Å²) >= 11 is 5.82. The third-order valence-corrected chi connectivity index (χ3v) is 2.94. The lowest BCUT2D eigenvalue weighted by Crippen LogP contribution is -2.24. The Hall–Kier alpha value is -2.74. The number of hydrogen-bond donors (Lipinski definition) is 1. The molecule has 8 nitrogen and oxygen atoms in total. The first kappa shape index (κ1) is 15.6. The monoisotopic (exact) mass is 321 g/mol. The lowest BCUT2D eigenvalue weighted by atomic mass is 10.2. The van der Waals surface area contributed by atoms with Crippen molar-refractivity contribution in [3.05, 3.63) is 56.7 Å². The number of rotatable bonds is 5. The molecule has 2 aromatic rings. The number of amides is 1. The summed E-state index contributed by atoms with van der Waals surface area (Å²) in [5.74, 6) is -0.743. The zero-order valence-electron chi connectivity index (χ0n) is 11.6. The normalized spacial score (nSPS) is 10.8. The van der Waals surface area contributed by atoms with Crippen LogP contribution in [0.3, 0.4) is 0 Å². The standard InChI is InChI=1S/C13H12ClN5O3/c1-9-5-12(19(21)22)17-18(9)8-13(20)16-15-7-10-3-2-4-11(14)6-10/h2-7H,8H2,1H3,(H,16,20)/b15-7-. The molecule has 9 heteroatoms. The molecule has 0 aliphatic heterocycles. The summed E-state index contributed by atoms with van der Waals surface area (Å²) in [6.45, 7) is 1.47. The quantitative estimate of drug-likeness (QED) is 0.516. The van der Waals surface area contributed by atoms with Crippen LogP contribution in [0.5, 0.6) is 0 Å². The molecule has 1 N–H and O–H groups in total. The van der Waals surface area contributed by atoms with Crippen LogP contribution in [0.2, 0.25) is 5.02 Å². The van der Waals surface area contributed by atoms with Gasteiger partial charge in [-0.05, 0) is 29.5 Å². The Morgan fingerprint density at radius 2 is 2.32 bits per heavy atom. The van der Waals surface area contributed by atoms with Gasteiger partial charge in [0.1, 0.15) is 6.54 Å². The van der Waals surface area contributed by atoms with E-state index in [1.54, 1.807) is 31.2 Å². The summed E-state index contributed by atoms with van der Waals surface area (Å²) in [4.78, 5) is 21.7. The third-order valence-electron chi connectivity index (χ3n) is 2.70. The SMILES string of the molecule is Cc1cc([N+](=O)[O-])nn1CC(=O)N/N=C\c1cccc(Cl)c1. The topological polar surface area (TPSA) is 102 Å². The van der Waals surface area contributed by atoms with Gasteiger partial charge in [0.2, 0.25) is 0 Å². The Kier molecular flexibility index (Phi) is 4.84. The van der Waals surface area contributed by atoms with Crippen LogP contribution in [-0.4, -0.2) is 26.8 Å². The average Bonchev–Trinajstić information content (AvgIpc) is 2.80. The predicted molar refractivity (Wildman–Crippen MR) is 80.8 cm³/mol. The fraction of sp³-hybridized carbons (Fsp3) is 0.154. The molecule has 1 aromatic heterocycles. The van der Waals surface area contributed by atoms with Crippen LogP contribution in [0.15, 0.2) is 35.4 Å².